The van der Waals surface area contributed by atoms with Gasteiger partial charge < -0.3 is 14.5 Å². The van der Waals surface area contributed by atoms with Crippen LogP contribution >= 0.6 is 15.9 Å². The molecule has 0 amide bonds. The molecule has 0 aliphatic carbocycles. The number of rotatable bonds is 2. The number of hydrogen-bond acceptors (Lipinski definition) is 6. The van der Waals surface area contributed by atoms with Crippen molar-refractivity contribution >= 4 is 37.9 Å². The zero-order valence-corrected chi connectivity index (χ0v) is 16.2. The lowest BCUT2D eigenvalue weighted by atomic mass is 9.96. The Kier molecular flexibility index (Phi) is 3.75. The molecule has 0 atom stereocenters. The Bertz CT molecular complexity index is 1510. The largest absolute Gasteiger partial charge is 0.494 e. The Morgan fingerprint density at radius 1 is 1.24 bits per heavy atom. The van der Waals surface area contributed by atoms with Crippen molar-refractivity contribution < 1.29 is 9.52 Å². The molecule has 0 fully saturated rings. The fraction of sp³-hybridized carbons (Fsp3) is 0. The number of hydrogen-bond donors (Lipinski definition) is 4. The van der Waals surface area contributed by atoms with Gasteiger partial charge in [-0.25, -0.2) is 0 Å². The normalized spacial score (nSPS) is 11.2. The van der Waals surface area contributed by atoms with E-state index in [9.17, 15) is 10.4 Å². The van der Waals surface area contributed by atoms with Crippen molar-refractivity contribution in [3.05, 3.63) is 58.3 Å². The van der Waals surface area contributed by atoms with Crippen LogP contribution in [0.3, 0.4) is 0 Å². The number of fused-ring (bicyclic) bond motifs is 2. The quantitative estimate of drug-likeness (QED) is 0.322. The fourth-order valence-electron chi connectivity index (χ4n) is 3.50. The minimum atomic E-state index is -0.331. The maximum absolute atomic E-state index is 10.7. The molecule has 5 aromatic rings. The molecule has 29 heavy (non-hydrogen) atoms. The number of aromatic amines is 2. The molecule has 1 aromatic carbocycles. The minimum absolute atomic E-state index is 0.000200. The molecule has 0 spiro atoms. The van der Waals surface area contributed by atoms with Crippen molar-refractivity contribution in [3.63, 3.8) is 0 Å². The number of nitrogens with zero attached hydrogens (tertiary/aromatic N) is 3. The molecule has 4 aromatic heterocycles. The van der Waals surface area contributed by atoms with Crippen LogP contribution in [0.1, 0.15) is 5.56 Å². The van der Waals surface area contributed by atoms with E-state index in [-0.39, 0.29) is 22.7 Å². The highest BCUT2D eigenvalue weighted by molar-refractivity contribution is 9.10. The Morgan fingerprint density at radius 2 is 2.10 bits per heavy atom. The first-order chi connectivity index (χ1) is 14.1. The van der Waals surface area contributed by atoms with Crippen LogP contribution in [0.15, 0.2) is 51.6 Å². The lowest BCUT2D eigenvalue weighted by Gasteiger charge is -2.08. The molecular weight excluding hydrogens is 436 g/mol. The fourth-order valence-corrected chi connectivity index (χ4v) is 3.86. The third-order valence-electron chi connectivity index (χ3n) is 4.71. The Balaban J connectivity index is 2.00. The van der Waals surface area contributed by atoms with Gasteiger partial charge in [-0.15, -0.1) is 5.10 Å². The molecule has 0 aliphatic rings. The van der Waals surface area contributed by atoms with E-state index in [2.05, 4.69) is 36.1 Å². The first-order valence-electron chi connectivity index (χ1n) is 8.49. The van der Waals surface area contributed by atoms with Crippen LogP contribution in [0.4, 0.5) is 0 Å². The summed E-state index contributed by atoms with van der Waals surface area (Å²) in [6.07, 6.45) is 3.31. The van der Waals surface area contributed by atoms with E-state index < -0.39 is 0 Å². The number of aromatic nitrogens is 4. The summed E-state index contributed by atoms with van der Waals surface area (Å²) in [7, 11) is 0. The van der Waals surface area contributed by atoms with E-state index in [1.54, 1.807) is 18.5 Å². The zero-order valence-electron chi connectivity index (χ0n) is 14.6. The topological polar surface area (TPSA) is 138 Å². The molecule has 0 bridgehead atoms. The molecule has 9 heteroatoms. The van der Waals surface area contributed by atoms with Crippen molar-refractivity contribution in [1.82, 2.24) is 20.2 Å². The average Bonchev–Trinajstić information content (AvgIpc) is 3.27. The minimum Gasteiger partial charge on any atom is -0.494 e. The first-order valence-corrected chi connectivity index (χ1v) is 9.28. The number of halogens is 1. The number of pyridine rings is 1. The summed E-state index contributed by atoms with van der Waals surface area (Å²) in [5.74, 6) is -0.111. The third-order valence-corrected chi connectivity index (χ3v) is 5.21. The zero-order chi connectivity index (χ0) is 20.1. The van der Waals surface area contributed by atoms with E-state index in [1.165, 1.54) is 0 Å². The predicted octanol–water partition coefficient (Wildman–Crippen LogP) is 4.19. The Labute approximate surface area is 171 Å². The maximum Gasteiger partial charge on any atom is 0.248 e. The summed E-state index contributed by atoms with van der Waals surface area (Å²) in [5, 5.41) is 37.0. The van der Waals surface area contributed by atoms with E-state index in [0.29, 0.717) is 33.1 Å². The molecule has 140 valence electrons. The highest BCUT2D eigenvalue weighted by Crippen LogP contribution is 2.43. The SMILES string of the molecule is N#Cc1c(-c2c(O)[nH]c3ccc(Br)cc23)c2c(-c3cccnc3)[nH]nc2oc1=N. The Morgan fingerprint density at radius 3 is 2.86 bits per heavy atom. The number of nitrogens with one attached hydrogen (secondary N) is 3. The molecule has 4 heterocycles. The van der Waals surface area contributed by atoms with Gasteiger partial charge in [-0.05, 0) is 30.3 Å². The smallest absolute Gasteiger partial charge is 0.248 e. The summed E-state index contributed by atoms with van der Waals surface area (Å²) in [6.45, 7) is 0. The summed E-state index contributed by atoms with van der Waals surface area (Å²) in [6, 6.07) is 11.2. The van der Waals surface area contributed by atoms with E-state index in [0.717, 1.165) is 10.0 Å². The molecule has 0 aliphatic heterocycles. The standard InChI is InChI=1S/C20H11BrN6O2/c21-10-3-4-13-11(6-10)15(19(28)25-13)14-12(7-22)18(23)29-20-16(14)17(26-27-20)9-2-1-5-24-8-9/h1-6,8,23,25,28H,(H,26,27). The molecular formula is C20H11BrN6O2. The van der Waals surface area contributed by atoms with E-state index >= 15 is 0 Å². The van der Waals surface area contributed by atoms with Crippen LogP contribution in [-0.2, 0) is 0 Å². The van der Waals surface area contributed by atoms with Crippen LogP contribution in [0.25, 0.3) is 44.4 Å². The maximum atomic E-state index is 10.7. The molecule has 5 rings (SSSR count). The third kappa shape index (κ3) is 2.54. The van der Waals surface area contributed by atoms with Crippen LogP contribution in [0.2, 0.25) is 0 Å². The number of benzene rings is 1. The van der Waals surface area contributed by atoms with E-state index in [1.807, 2.05) is 30.3 Å². The number of aromatic hydroxyl groups is 1. The second kappa shape index (κ2) is 6.32. The average molecular weight is 447 g/mol. The van der Waals surface area contributed by atoms with Gasteiger partial charge in [-0.2, -0.15) is 5.26 Å². The second-order valence-corrected chi connectivity index (χ2v) is 7.27. The van der Waals surface area contributed by atoms with Gasteiger partial charge in [0.1, 0.15) is 11.6 Å². The lowest BCUT2D eigenvalue weighted by molar-refractivity contribution is 0.460. The predicted molar refractivity (Wildman–Crippen MR) is 109 cm³/mol. The van der Waals surface area contributed by atoms with Crippen LogP contribution in [0.5, 0.6) is 5.88 Å². The summed E-state index contributed by atoms with van der Waals surface area (Å²) in [4.78, 5) is 7.07. The molecule has 0 radical (unpaired) electrons. The monoisotopic (exact) mass is 446 g/mol. The number of nitriles is 1. The molecule has 4 N–H and O–H groups in total. The van der Waals surface area contributed by atoms with Crippen LogP contribution < -0.4 is 5.55 Å². The van der Waals surface area contributed by atoms with Gasteiger partial charge in [0.25, 0.3) is 0 Å². The van der Waals surface area contributed by atoms with Crippen molar-refractivity contribution in [2.24, 2.45) is 0 Å². The van der Waals surface area contributed by atoms with Crippen molar-refractivity contribution in [2.45, 2.75) is 0 Å². The molecule has 8 nitrogen and oxygen atoms in total. The van der Waals surface area contributed by atoms with Crippen molar-refractivity contribution in [2.75, 3.05) is 0 Å². The van der Waals surface area contributed by atoms with Gasteiger partial charge in [-0.1, -0.05) is 15.9 Å². The summed E-state index contributed by atoms with van der Waals surface area (Å²) in [5.41, 5.74) is 2.60. The highest BCUT2D eigenvalue weighted by atomic mass is 79.9. The van der Waals surface area contributed by atoms with Gasteiger partial charge in [-0.3, -0.25) is 15.5 Å². The summed E-state index contributed by atoms with van der Waals surface area (Å²) >= 11 is 3.45. The lowest BCUT2D eigenvalue weighted by Crippen LogP contribution is -2.07. The molecule has 0 unspecified atom stereocenters. The molecule has 0 saturated heterocycles. The second-order valence-electron chi connectivity index (χ2n) is 6.35. The Hall–Kier alpha value is -3.90. The van der Waals surface area contributed by atoms with Gasteiger partial charge in [0.05, 0.1) is 16.6 Å². The highest BCUT2D eigenvalue weighted by Gasteiger charge is 2.25. The van der Waals surface area contributed by atoms with Gasteiger partial charge in [0.15, 0.2) is 5.88 Å². The number of H-pyrrole nitrogens is 2. The van der Waals surface area contributed by atoms with Crippen molar-refractivity contribution in [1.29, 1.82) is 10.7 Å². The van der Waals surface area contributed by atoms with Crippen molar-refractivity contribution in [3.8, 4) is 34.3 Å². The van der Waals surface area contributed by atoms with E-state index in [4.69, 9.17) is 9.83 Å². The van der Waals surface area contributed by atoms with Crippen LogP contribution in [0, 0.1) is 16.7 Å². The van der Waals surface area contributed by atoms with Gasteiger partial charge in [0.2, 0.25) is 11.3 Å². The van der Waals surface area contributed by atoms with Gasteiger partial charge >= 0.3 is 0 Å². The van der Waals surface area contributed by atoms with Crippen LogP contribution in [-0.4, -0.2) is 25.3 Å². The molecule has 0 saturated carbocycles. The van der Waals surface area contributed by atoms with Gasteiger partial charge in [0, 0.05) is 38.9 Å². The first kappa shape index (κ1) is 17.2. The summed E-state index contributed by atoms with van der Waals surface area (Å²) < 4.78 is 6.29.